The molecular formula is C9H11ClN2O2S2. The van der Waals surface area contributed by atoms with Crippen LogP contribution in [-0.4, -0.2) is 25.8 Å². The average molecular weight is 279 g/mol. The summed E-state index contributed by atoms with van der Waals surface area (Å²) < 4.78 is 25.9. The molecule has 0 radical (unpaired) electrons. The Morgan fingerprint density at radius 3 is 2.69 bits per heavy atom. The first-order valence-electron chi connectivity index (χ1n) is 4.50. The summed E-state index contributed by atoms with van der Waals surface area (Å²) in [5, 5.41) is 8.54. The maximum Gasteiger partial charge on any atom is 0.252 e. The van der Waals surface area contributed by atoms with E-state index in [0.717, 1.165) is 11.3 Å². The van der Waals surface area contributed by atoms with Gasteiger partial charge in [0, 0.05) is 13.1 Å². The molecule has 0 amide bonds. The second kappa shape index (κ2) is 5.15. The monoisotopic (exact) mass is 278 g/mol. The first-order valence-corrected chi connectivity index (χ1v) is 7.13. The molecule has 1 atom stereocenters. The topological polar surface area (TPSA) is 61.2 Å². The lowest BCUT2D eigenvalue weighted by Gasteiger charge is -2.21. The number of sulfonamides is 1. The van der Waals surface area contributed by atoms with Gasteiger partial charge in [-0.1, -0.05) is 11.6 Å². The Hall–Kier alpha value is -0.610. The van der Waals surface area contributed by atoms with Gasteiger partial charge in [0.05, 0.1) is 16.8 Å². The first-order chi connectivity index (χ1) is 7.39. The number of thiophene rings is 1. The van der Waals surface area contributed by atoms with Gasteiger partial charge in [-0.05, 0) is 19.1 Å². The van der Waals surface area contributed by atoms with Crippen LogP contribution in [0.3, 0.4) is 0 Å². The van der Waals surface area contributed by atoms with Crippen molar-refractivity contribution in [2.75, 3.05) is 7.05 Å². The molecule has 0 aliphatic carbocycles. The molecular weight excluding hydrogens is 268 g/mol. The fourth-order valence-corrected chi connectivity index (χ4v) is 4.11. The van der Waals surface area contributed by atoms with Crippen molar-refractivity contribution in [2.24, 2.45) is 0 Å². The van der Waals surface area contributed by atoms with Crippen molar-refractivity contribution in [1.29, 1.82) is 5.26 Å². The van der Waals surface area contributed by atoms with Crippen LogP contribution in [0.15, 0.2) is 16.3 Å². The highest BCUT2D eigenvalue weighted by Crippen LogP contribution is 2.28. The SMILES string of the molecule is CC(CC#N)N(C)S(=O)(=O)c1ccc(Cl)s1. The fourth-order valence-electron chi connectivity index (χ4n) is 1.08. The third-order valence-corrected chi connectivity index (χ3v) is 5.86. The molecule has 16 heavy (non-hydrogen) atoms. The van der Waals surface area contributed by atoms with Crippen LogP contribution in [0.25, 0.3) is 0 Å². The Kier molecular flexibility index (Phi) is 4.33. The number of nitrogens with zero attached hydrogens (tertiary/aromatic N) is 2. The number of nitriles is 1. The van der Waals surface area contributed by atoms with E-state index in [1.54, 1.807) is 13.0 Å². The smallest absolute Gasteiger partial charge is 0.206 e. The van der Waals surface area contributed by atoms with Crippen LogP contribution in [0.1, 0.15) is 13.3 Å². The summed E-state index contributed by atoms with van der Waals surface area (Å²) in [6.07, 6.45) is 0.162. The zero-order chi connectivity index (χ0) is 12.3. The van der Waals surface area contributed by atoms with E-state index in [4.69, 9.17) is 16.9 Å². The second-order valence-electron chi connectivity index (χ2n) is 3.29. The average Bonchev–Trinajstić information content (AvgIpc) is 2.64. The Morgan fingerprint density at radius 2 is 2.25 bits per heavy atom. The van der Waals surface area contributed by atoms with E-state index >= 15 is 0 Å². The highest BCUT2D eigenvalue weighted by Gasteiger charge is 2.26. The zero-order valence-electron chi connectivity index (χ0n) is 8.84. The van der Waals surface area contributed by atoms with Crippen LogP contribution in [0.2, 0.25) is 4.34 Å². The van der Waals surface area contributed by atoms with Crippen LogP contribution in [0.4, 0.5) is 0 Å². The predicted octanol–water partition coefficient (Wildman–Crippen LogP) is 2.32. The predicted molar refractivity (Wildman–Crippen MR) is 64.0 cm³/mol. The molecule has 0 spiro atoms. The number of hydrogen-bond acceptors (Lipinski definition) is 4. The lowest BCUT2D eigenvalue weighted by molar-refractivity contribution is 0.394. The molecule has 1 aromatic heterocycles. The van der Waals surface area contributed by atoms with E-state index in [2.05, 4.69) is 0 Å². The van der Waals surface area contributed by atoms with Gasteiger partial charge in [-0.15, -0.1) is 11.3 Å². The lowest BCUT2D eigenvalue weighted by atomic mass is 10.3. The Labute approximate surface area is 104 Å². The lowest BCUT2D eigenvalue weighted by Crippen LogP contribution is -2.34. The molecule has 0 fully saturated rings. The van der Waals surface area contributed by atoms with E-state index < -0.39 is 10.0 Å². The minimum atomic E-state index is -3.52. The van der Waals surface area contributed by atoms with Gasteiger partial charge in [-0.25, -0.2) is 8.42 Å². The summed E-state index contributed by atoms with van der Waals surface area (Å²) >= 11 is 6.71. The molecule has 0 saturated heterocycles. The van der Waals surface area contributed by atoms with Crippen molar-refractivity contribution in [2.45, 2.75) is 23.6 Å². The van der Waals surface area contributed by atoms with Crippen LogP contribution in [0.5, 0.6) is 0 Å². The van der Waals surface area contributed by atoms with E-state index in [1.807, 2.05) is 6.07 Å². The summed E-state index contributed by atoms with van der Waals surface area (Å²) in [5.41, 5.74) is 0. The van der Waals surface area contributed by atoms with Crippen LogP contribution in [0, 0.1) is 11.3 Å². The highest BCUT2D eigenvalue weighted by molar-refractivity contribution is 7.91. The van der Waals surface area contributed by atoms with Gasteiger partial charge < -0.3 is 0 Å². The molecule has 0 N–H and O–H groups in total. The molecule has 0 aromatic carbocycles. The van der Waals surface area contributed by atoms with Crippen molar-refractivity contribution in [3.63, 3.8) is 0 Å². The van der Waals surface area contributed by atoms with Gasteiger partial charge in [0.25, 0.3) is 10.0 Å². The summed E-state index contributed by atoms with van der Waals surface area (Å²) in [6, 6.07) is 4.61. The van der Waals surface area contributed by atoms with Crippen molar-refractivity contribution < 1.29 is 8.42 Å². The van der Waals surface area contributed by atoms with Gasteiger partial charge in [-0.3, -0.25) is 0 Å². The van der Waals surface area contributed by atoms with Gasteiger partial charge in [0.15, 0.2) is 0 Å². The standard InChI is InChI=1S/C9H11ClN2O2S2/c1-7(5-6-11)12(2)16(13,14)9-4-3-8(10)15-9/h3-4,7H,5H2,1-2H3. The zero-order valence-corrected chi connectivity index (χ0v) is 11.2. The Bertz CT molecular complexity index is 504. The fraction of sp³-hybridized carbons (Fsp3) is 0.444. The van der Waals surface area contributed by atoms with Gasteiger partial charge in [0.1, 0.15) is 4.21 Å². The van der Waals surface area contributed by atoms with Gasteiger partial charge in [-0.2, -0.15) is 9.57 Å². The van der Waals surface area contributed by atoms with Crippen LogP contribution in [-0.2, 0) is 10.0 Å². The molecule has 1 rings (SSSR count). The van der Waals surface area contributed by atoms with E-state index in [9.17, 15) is 8.42 Å². The third kappa shape index (κ3) is 2.74. The van der Waals surface area contributed by atoms with Gasteiger partial charge in [0.2, 0.25) is 0 Å². The normalized spacial score (nSPS) is 13.7. The van der Waals surface area contributed by atoms with Crippen molar-refractivity contribution in [1.82, 2.24) is 4.31 Å². The molecule has 1 aromatic rings. The number of hydrogen-bond donors (Lipinski definition) is 0. The van der Waals surface area contributed by atoms with Crippen LogP contribution >= 0.6 is 22.9 Å². The molecule has 0 aliphatic rings. The Morgan fingerprint density at radius 1 is 1.62 bits per heavy atom. The quantitative estimate of drug-likeness (QED) is 0.849. The van der Waals surface area contributed by atoms with Gasteiger partial charge >= 0.3 is 0 Å². The molecule has 1 heterocycles. The first kappa shape index (κ1) is 13.5. The molecule has 0 saturated carbocycles. The molecule has 1 unspecified atom stereocenters. The van der Waals surface area contributed by atoms with E-state index in [-0.39, 0.29) is 16.7 Å². The number of rotatable bonds is 4. The minimum Gasteiger partial charge on any atom is -0.206 e. The largest absolute Gasteiger partial charge is 0.252 e. The minimum absolute atomic E-state index is 0.162. The maximum atomic E-state index is 12.0. The summed E-state index contributed by atoms with van der Waals surface area (Å²) in [4.78, 5) is 0. The molecule has 0 bridgehead atoms. The highest BCUT2D eigenvalue weighted by atomic mass is 35.5. The van der Waals surface area contributed by atoms with Crippen molar-refractivity contribution in [3.8, 4) is 6.07 Å². The number of halogens is 1. The molecule has 4 nitrogen and oxygen atoms in total. The Balaban J connectivity index is 2.99. The van der Waals surface area contributed by atoms with Crippen LogP contribution < -0.4 is 0 Å². The summed E-state index contributed by atoms with van der Waals surface area (Å²) in [5.74, 6) is 0. The maximum absolute atomic E-state index is 12.0. The second-order valence-corrected chi connectivity index (χ2v) is 7.23. The van der Waals surface area contributed by atoms with Crippen molar-refractivity contribution >= 4 is 33.0 Å². The molecule has 88 valence electrons. The molecule has 0 aliphatic heterocycles. The third-order valence-electron chi connectivity index (χ3n) is 2.19. The van der Waals surface area contributed by atoms with E-state index in [1.165, 1.54) is 17.4 Å². The molecule has 7 heteroatoms. The summed E-state index contributed by atoms with van der Waals surface area (Å²) in [6.45, 7) is 1.69. The van der Waals surface area contributed by atoms with E-state index in [0.29, 0.717) is 4.34 Å². The van der Waals surface area contributed by atoms with Crippen molar-refractivity contribution in [3.05, 3.63) is 16.5 Å². The summed E-state index contributed by atoms with van der Waals surface area (Å²) in [7, 11) is -2.06.